The van der Waals surface area contributed by atoms with Crippen LogP contribution in [0.4, 0.5) is 4.79 Å². The highest BCUT2D eigenvalue weighted by Crippen LogP contribution is 2.34. The van der Waals surface area contributed by atoms with Gasteiger partial charge in [-0.25, -0.2) is 4.79 Å². The minimum Gasteiger partial charge on any atom is -0.382 e. The Kier molecular flexibility index (Phi) is 18.0. The van der Waals surface area contributed by atoms with Crippen molar-refractivity contribution in [2.24, 2.45) is 0 Å². The van der Waals surface area contributed by atoms with Gasteiger partial charge >= 0.3 is 6.03 Å². The van der Waals surface area contributed by atoms with Crippen molar-refractivity contribution in [3.63, 3.8) is 0 Å². The second kappa shape index (κ2) is 23.6. The van der Waals surface area contributed by atoms with Crippen LogP contribution < -0.4 is 0 Å². The Morgan fingerprint density at radius 1 is 0.481 bits per heavy atom. The zero-order chi connectivity index (χ0) is 37.6. The van der Waals surface area contributed by atoms with Gasteiger partial charge in [-0.3, -0.25) is 0 Å². The van der Waals surface area contributed by atoms with Gasteiger partial charge in [-0.2, -0.15) is 0 Å². The molecule has 0 bridgehead atoms. The third-order valence-electron chi connectivity index (χ3n) is 9.93. The molecule has 5 rings (SSSR count). The van der Waals surface area contributed by atoms with Crippen LogP contribution in [0.3, 0.4) is 0 Å². The van der Waals surface area contributed by atoms with Gasteiger partial charge in [0.15, 0.2) is 0 Å². The Bertz CT molecular complexity index is 1450. The van der Waals surface area contributed by atoms with Gasteiger partial charge in [0.1, 0.15) is 25.8 Å². The van der Waals surface area contributed by atoms with Crippen LogP contribution in [0, 0.1) is 0 Å². The van der Waals surface area contributed by atoms with Crippen LogP contribution in [0.25, 0.3) is 0 Å². The molecule has 1 aliphatic heterocycles. The maximum absolute atomic E-state index is 15.4. The molecule has 0 aromatic heterocycles. The Morgan fingerprint density at radius 2 is 0.833 bits per heavy atom. The van der Waals surface area contributed by atoms with Crippen molar-refractivity contribution in [1.82, 2.24) is 9.80 Å². The summed E-state index contributed by atoms with van der Waals surface area (Å²) < 4.78 is 36.1. The average Bonchev–Trinajstić information content (AvgIpc) is 3.29. The van der Waals surface area contributed by atoms with Crippen LogP contribution in [0.5, 0.6) is 0 Å². The van der Waals surface area contributed by atoms with Gasteiger partial charge in [0.05, 0.1) is 38.5 Å². The lowest BCUT2D eigenvalue weighted by atomic mass is 9.91. The second-order valence-corrected chi connectivity index (χ2v) is 13.7. The number of nitrogens with zero attached hydrogens (tertiary/aromatic N) is 2. The van der Waals surface area contributed by atoms with Crippen molar-refractivity contribution < 1.29 is 33.2 Å². The first-order chi connectivity index (χ1) is 26.7. The van der Waals surface area contributed by atoms with E-state index in [1.54, 1.807) is 14.2 Å². The SMILES string of the molecule is COCCOCO[C@@H]1[C@@H](OCOCCOC)[C@@H](CCCc2ccccc2)N(Cc2ccccc2)C(=O)N(Cc2ccccc2)[C@@H]1CCCc1ccccc1. The normalized spacial score (nSPS) is 18.9. The number of methoxy groups -OCH3 is 2. The molecular formula is C45H58N2O7. The number of carbonyl (C=O) groups is 1. The largest absolute Gasteiger partial charge is 0.382 e. The number of carbonyl (C=O) groups excluding carboxylic acids is 1. The molecule has 4 atom stereocenters. The Morgan fingerprint density at radius 3 is 1.19 bits per heavy atom. The number of hydrogen-bond acceptors (Lipinski definition) is 7. The monoisotopic (exact) mass is 738 g/mol. The van der Waals surface area contributed by atoms with Crippen molar-refractivity contribution in [1.29, 1.82) is 0 Å². The van der Waals surface area contributed by atoms with Gasteiger partial charge in [-0.05, 0) is 60.8 Å². The molecule has 0 aliphatic carbocycles. The highest BCUT2D eigenvalue weighted by Gasteiger charge is 2.48. The summed E-state index contributed by atoms with van der Waals surface area (Å²) >= 11 is 0. The Hall–Kier alpha value is -4.09. The zero-order valence-corrected chi connectivity index (χ0v) is 32.0. The summed E-state index contributed by atoms with van der Waals surface area (Å²) in [7, 11) is 3.31. The van der Waals surface area contributed by atoms with Crippen molar-refractivity contribution in [2.75, 3.05) is 54.2 Å². The van der Waals surface area contributed by atoms with Gasteiger partial charge in [-0.1, -0.05) is 121 Å². The van der Waals surface area contributed by atoms with Crippen molar-refractivity contribution >= 4 is 6.03 Å². The fourth-order valence-corrected chi connectivity index (χ4v) is 7.20. The molecule has 0 spiro atoms. The first-order valence-corrected chi connectivity index (χ1v) is 19.3. The van der Waals surface area contributed by atoms with E-state index in [4.69, 9.17) is 28.4 Å². The fourth-order valence-electron chi connectivity index (χ4n) is 7.20. The molecule has 0 unspecified atom stereocenters. The maximum atomic E-state index is 15.4. The molecule has 1 saturated heterocycles. The first-order valence-electron chi connectivity index (χ1n) is 19.3. The number of benzene rings is 4. The number of amides is 2. The Labute approximate surface area is 322 Å². The van der Waals surface area contributed by atoms with E-state index in [9.17, 15) is 0 Å². The van der Waals surface area contributed by atoms with E-state index in [0.717, 1.165) is 36.8 Å². The van der Waals surface area contributed by atoms with E-state index in [1.165, 1.54) is 11.1 Å². The highest BCUT2D eigenvalue weighted by atomic mass is 16.7. The zero-order valence-electron chi connectivity index (χ0n) is 32.0. The van der Waals surface area contributed by atoms with E-state index in [0.29, 0.717) is 52.4 Å². The summed E-state index contributed by atoms with van der Waals surface area (Å²) in [6.45, 7) is 2.62. The molecule has 1 heterocycles. The summed E-state index contributed by atoms with van der Waals surface area (Å²) in [5.74, 6) is 0. The number of aryl methyl sites for hydroxylation is 2. The molecule has 290 valence electrons. The number of rotatable bonds is 24. The third kappa shape index (κ3) is 13.0. The van der Waals surface area contributed by atoms with Crippen molar-refractivity contribution in [2.45, 2.75) is 75.9 Å². The quantitative estimate of drug-likeness (QED) is 0.0534. The predicted molar refractivity (Wildman–Crippen MR) is 211 cm³/mol. The molecule has 4 aromatic rings. The van der Waals surface area contributed by atoms with Crippen LogP contribution >= 0.6 is 0 Å². The summed E-state index contributed by atoms with van der Waals surface area (Å²) in [6.07, 6.45) is 3.82. The molecule has 1 fully saturated rings. The van der Waals surface area contributed by atoms with Crippen LogP contribution in [0.15, 0.2) is 121 Å². The molecule has 9 heteroatoms. The summed E-state index contributed by atoms with van der Waals surface area (Å²) in [5, 5.41) is 0. The number of ether oxygens (including phenoxy) is 6. The number of urea groups is 1. The lowest BCUT2D eigenvalue weighted by molar-refractivity contribution is -0.193. The van der Waals surface area contributed by atoms with Crippen LogP contribution in [-0.2, 0) is 54.4 Å². The minimum absolute atomic E-state index is 0.0302. The van der Waals surface area contributed by atoms with Gasteiger partial charge in [-0.15, -0.1) is 0 Å². The third-order valence-corrected chi connectivity index (χ3v) is 9.93. The van der Waals surface area contributed by atoms with Gasteiger partial charge in [0, 0.05) is 27.3 Å². The topological polar surface area (TPSA) is 78.9 Å². The second-order valence-electron chi connectivity index (χ2n) is 13.7. The standard InChI is InChI=1S/C45H58N2O7/c1-49-29-31-51-35-53-43-41(27-15-25-37-17-7-3-8-18-37)46(33-39-21-11-5-12-22-39)45(48)47(34-40-23-13-6-14-24-40)42(44(43)54-36-52-32-30-50-2)28-16-26-38-19-9-4-10-20-38/h3-14,17-24,41-44H,15-16,25-36H2,1-2H3/t41-,42-,43+,44+/m1/s1. The maximum Gasteiger partial charge on any atom is 0.321 e. The lowest BCUT2D eigenvalue weighted by Crippen LogP contribution is -2.52. The van der Waals surface area contributed by atoms with Crippen molar-refractivity contribution in [3.8, 4) is 0 Å². The highest BCUT2D eigenvalue weighted by molar-refractivity contribution is 5.76. The van der Waals surface area contributed by atoms with E-state index < -0.39 is 12.2 Å². The molecule has 2 amide bonds. The fraction of sp³-hybridized carbons (Fsp3) is 0.444. The average molecular weight is 739 g/mol. The molecule has 9 nitrogen and oxygen atoms in total. The predicted octanol–water partition coefficient (Wildman–Crippen LogP) is 7.92. The van der Waals surface area contributed by atoms with Crippen LogP contribution in [-0.4, -0.2) is 94.4 Å². The van der Waals surface area contributed by atoms with E-state index in [-0.39, 0.29) is 31.7 Å². The molecule has 0 saturated carbocycles. The first kappa shape index (κ1) is 41.1. The molecule has 54 heavy (non-hydrogen) atoms. The van der Waals surface area contributed by atoms with E-state index in [2.05, 4.69) is 72.8 Å². The van der Waals surface area contributed by atoms with Crippen molar-refractivity contribution in [3.05, 3.63) is 144 Å². The summed E-state index contributed by atoms with van der Waals surface area (Å²) in [4.78, 5) is 19.5. The molecule has 0 radical (unpaired) electrons. The lowest BCUT2D eigenvalue weighted by Gasteiger charge is -2.38. The van der Waals surface area contributed by atoms with Gasteiger partial charge in [0.25, 0.3) is 0 Å². The van der Waals surface area contributed by atoms with E-state index in [1.807, 2.05) is 58.3 Å². The summed E-state index contributed by atoms with van der Waals surface area (Å²) in [6, 6.07) is 40.8. The number of hydrogen-bond donors (Lipinski definition) is 0. The van der Waals surface area contributed by atoms with Crippen LogP contribution in [0.1, 0.15) is 47.9 Å². The van der Waals surface area contributed by atoms with Crippen LogP contribution in [0.2, 0.25) is 0 Å². The summed E-state index contributed by atoms with van der Waals surface area (Å²) in [5.41, 5.74) is 4.63. The smallest absolute Gasteiger partial charge is 0.321 e. The minimum atomic E-state index is -0.524. The molecule has 0 N–H and O–H groups in total. The van der Waals surface area contributed by atoms with Gasteiger partial charge in [0.2, 0.25) is 0 Å². The molecule has 4 aromatic carbocycles. The molecular weight excluding hydrogens is 681 g/mol. The van der Waals surface area contributed by atoms with E-state index >= 15 is 4.79 Å². The Balaban J connectivity index is 1.56. The molecule has 1 aliphatic rings. The van der Waals surface area contributed by atoms with Gasteiger partial charge < -0.3 is 38.2 Å².